The molecular weight excluding hydrogens is 405 g/mol. The minimum Gasteiger partial charge on any atom is -0.366 e. The molecule has 6 nitrogen and oxygen atoms in total. The van der Waals surface area contributed by atoms with E-state index in [-0.39, 0.29) is 17.6 Å². The van der Waals surface area contributed by atoms with E-state index in [9.17, 15) is 9.18 Å². The number of carbonyl (C=O) groups is 1. The number of anilines is 1. The van der Waals surface area contributed by atoms with Gasteiger partial charge >= 0.3 is 0 Å². The molecule has 5 rings (SSSR count). The number of nitrogens with zero attached hydrogens (tertiary/aromatic N) is 3. The zero-order valence-electron chi connectivity index (χ0n) is 18.9. The van der Waals surface area contributed by atoms with Gasteiger partial charge in [-0.25, -0.2) is 4.39 Å². The normalized spacial score (nSPS) is 35.4. The van der Waals surface area contributed by atoms with Crippen molar-refractivity contribution in [1.29, 1.82) is 5.26 Å². The Morgan fingerprint density at radius 1 is 1.25 bits per heavy atom. The predicted molar refractivity (Wildman–Crippen MR) is 122 cm³/mol. The fourth-order valence-corrected chi connectivity index (χ4v) is 6.64. The molecule has 1 saturated carbocycles. The SMILES string of the molecule is C[C@@H]1CN(c2ccc(C#N)cc2F)CCN1CC1CCC2C(C1)NC(=O)C1CCCNC12. The number of hydrogen-bond acceptors (Lipinski definition) is 5. The fraction of sp³-hybridized carbons (Fsp3) is 0.680. The molecule has 4 aliphatic rings. The van der Waals surface area contributed by atoms with Gasteiger partial charge in [0.2, 0.25) is 5.91 Å². The van der Waals surface area contributed by atoms with E-state index in [1.807, 2.05) is 6.07 Å². The third-order valence-corrected chi connectivity index (χ3v) is 8.32. The third-order valence-electron chi connectivity index (χ3n) is 8.32. The van der Waals surface area contributed by atoms with Crippen molar-refractivity contribution in [2.24, 2.45) is 17.8 Å². The van der Waals surface area contributed by atoms with Gasteiger partial charge in [-0.2, -0.15) is 5.26 Å². The number of carbonyl (C=O) groups excluding carboxylic acids is 1. The molecule has 1 aromatic carbocycles. The Morgan fingerprint density at radius 3 is 2.91 bits per heavy atom. The van der Waals surface area contributed by atoms with E-state index in [1.54, 1.807) is 12.1 Å². The molecule has 0 radical (unpaired) electrons. The highest BCUT2D eigenvalue weighted by molar-refractivity contribution is 5.81. The Hall–Kier alpha value is -2.17. The second-order valence-electron chi connectivity index (χ2n) is 10.3. The van der Waals surface area contributed by atoms with Crippen LogP contribution >= 0.6 is 0 Å². The molecule has 6 atom stereocenters. The molecule has 0 spiro atoms. The van der Waals surface area contributed by atoms with Gasteiger partial charge in [0.1, 0.15) is 5.82 Å². The Bertz CT molecular complexity index is 901. The van der Waals surface area contributed by atoms with Crippen LogP contribution in [0.2, 0.25) is 0 Å². The van der Waals surface area contributed by atoms with Gasteiger partial charge in [0.15, 0.2) is 0 Å². The summed E-state index contributed by atoms with van der Waals surface area (Å²) in [5.41, 5.74) is 0.952. The second-order valence-corrected chi connectivity index (χ2v) is 10.3. The van der Waals surface area contributed by atoms with Crippen LogP contribution in [0.15, 0.2) is 18.2 Å². The van der Waals surface area contributed by atoms with Gasteiger partial charge in [-0.05, 0) is 75.6 Å². The van der Waals surface area contributed by atoms with Gasteiger partial charge in [0, 0.05) is 44.3 Å². The van der Waals surface area contributed by atoms with Crippen molar-refractivity contribution in [2.45, 2.75) is 57.2 Å². The maximum absolute atomic E-state index is 14.5. The molecule has 172 valence electrons. The van der Waals surface area contributed by atoms with Gasteiger partial charge in [-0.3, -0.25) is 9.69 Å². The topological polar surface area (TPSA) is 71.4 Å². The summed E-state index contributed by atoms with van der Waals surface area (Å²) in [4.78, 5) is 17.3. The van der Waals surface area contributed by atoms with E-state index in [0.29, 0.717) is 41.2 Å². The minimum atomic E-state index is -0.314. The number of hydrogen-bond donors (Lipinski definition) is 2. The largest absolute Gasteiger partial charge is 0.366 e. The van der Waals surface area contributed by atoms with Crippen LogP contribution in [0.1, 0.15) is 44.6 Å². The van der Waals surface area contributed by atoms with Crippen LogP contribution in [0.5, 0.6) is 0 Å². The lowest BCUT2D eigenvalue weighted by Gasteiger charge is -2.50. The molecule has 3 saturated heterocycles. The highest BCUT2D eigenvalue weighted by Gasteiger charge is 2.47. The van der Waals surface area contributed by atoms with E-state index in [4.69, 9.17) is 5.26 Å². The van der Waals surface area contributed by atoms with E-state index in [2.05, 4.69) is 27.4 Å². The summed E-state index contributed by atoms with van der Waals surface area (Å²) >= 11 is 0. The second kappa shape index (κ2) is 8.99. The molecule has 5 unspecified atom stereocenters. The van der Waals surface area contributed by atoms with E-state index in [0.717, 1.165) is 52.0 Å². The van der Waals surface area contributed by atoms with E-state index in [1.165, 1.54) is 18.9 Å². The average Bonchev–Trinajstić information content (AvgIpc) is 2.80. The smallest absolute Gasteiger partial charge is 0.224 e. The monoisotopic (exact) mass is 439 g/mol. The van der Waals surface area contributed by atoms with Crippen molar-refractivity contribution in [3.63, 3.8) is 0 Å². The standard InChI is InChI=1S/C25H34FN5O/c1-16-14-31(23-7-5-17(13-27)11-21(23)26)10-9-30(16)15-18-4-6-19-22(12-18)29-25(32)20-3-2-8-28-24(19)20/h5,7,11,16,18-20,22,24,28H,2-4,6,8-10,12,14-15H2,1H3,(H,29,32)/t16-,18?,19?,20?,22?,24?/m1/s1. The molecule has 1 aliphatic carbocycles. The number of amides is 1. The number of rotatable bonds is 3. The van der Waals surface area contributed by atoms with Crippen molar-refractivity contribution < 1.29 is 9.18 Å². The average molecular weight is 440 g/mol. The predicted octanol–water partition coefficient (Wildman–Crippen LogP) is 2.49. The molecule has 1 amide bonds. The number of piperidine rings is 2. The number of nitriles is 1. The first-order chi connectivity index (χ1) is 15.5. The van der Waals surface area contributed by atoms with Crippen LogP contribution in [0.25, 0.3) is 0 Å². The summed E-state index contributed by atoms with van der Waals surface area (Å²) in [6.45, 7) is 6.79. The molecule has 3 heterocycles. The van der Waals surface area contributed by atoms with Gasteiger partial charge in [0.25, 0.3) is 0 Å². The van der Waals surface area contributed by atoms with Gasteiger partial charge in [0.05, 0.1) is 23.2 Å². The van der Waals surface area contributed by atoms with Crippen molar-refractivity contribution in [3.05, 3.63) is 29.6 Å². The zero-order chi connectivity index (χ0) is 22.2. The van der Waals surface area contributed by atoms with E-state index >= 15 is 0 Å². The summed E-state index contributed by atoms with van der Waals surface area (Å²) in [5.74, 6) is 1.28. The van der Waals surface area contributed by atoms with Crippen molar-refractivity contribution in [2.75, 3.05) is 37.6 Å². The third kappa shape index (κ3) is 4.11. The van der Waals surface area contributed by atoms with Crippen LogP contribution in [0.4, 0.5) is 10.1 Å². The van der Waals surface area contributed by atoms with Gasteiger partial charge in [-0.1, -0.05) is 0 Å². The minimum absolute atomic E-state index is 0.164. The Balaban J connectivity index is 1.18. The Labute approximate surface area is 190 Å². The number of piperazine rings is 1. The molecule has 0 aromatic heterocycles. The summed E-state index contributed by atoms with van der Waals surface area (Å²) in [7, 11) is 0. The number of nitrogens with one attached hydrogen (secondary N) is 2. The Kier molecular flexibility index (Phi) is 6.09. The Morgan fingerprint density at radius 2 is 2.12 bits per heavy atom. The highest BCUT2D eigenvalue weighted by Crippen LogP contribution is 2.39. The molecule has 1 aromatic rings. The molecule has 3 aliphatic heterocycles. The molecule has 2 N–H and O–H groups in total. The van der Waals surface area contributed by atoms with E-state index < -0.39 is 0 Å². The number of fused-ring (bicyclic) bond motifs is 3. The number of benzene rings is 1. The summed E-state index contributed by atoms with van der Waals surface area (Å²) in [6.07, 6.45) is 5.61. The van der Waals surface area contributed by atoms with Crippen LogP contribution < -0.4 is 15.5 Å². The fourth-order valence-electron chi connectivity index (χ4n) is 6.64. The van der Waals surface area contributed by atoms with Gasteiger partial charge in [-0.15, -0.1) is 0 Å². The first kappa shape index (κ1) is 21.7. The first-order valence-corrected chi connectivity index (χ1v) is 12.3. The number of halogens is 1. The van der Waals surface area contributed by atoms with Crippen molar-refractivity contribution in [3.8, 4) is 6.07 Å². The van der Waals surface area contributed by atoms with Gasteiger partial charge < -0.3 is 15.5 Å². The zero-order valence-corrected chi connectivity index (χ0v) is 18.9. The highest BCUT2D eigenvalue weighted by atomic mass is 19.1. The van der Waals surface area contributed by atoms with Crippen LogP contribution in [0, 0.1) is 34.9 Å². The lowest BCUT2D eigenvalue weighted by Crippen LogP contribution is -2.64. The van der Waals surface area contributed by atoms with Crippen LogP contribution in [-0.4, -0.2) is 61.7 Å². The first-order valence-electron chi connectivity index (χ1n) is 12.3. The molecule has 7 heteroatoms. The molecule has 4 fully saturated rings. The van der Waals surface area contributed by atoms with Crippen LogP contribution in [0.3, 0.4) is 0 Å². The molecular formula is C25H34FN5O. The summed E-state index contributed by atoms with van der Waals surface area (Å²) in [5, 5.41) is 16.0. The van der Waals surface area contributed by atoms with Crippen LogP contribution in [-0.2, 0) is 4.79 Å². The summed E-state index contributed by atoms with van der Waals surface area (Å²) in [6, 6.07) is 7.76. The maximum Gasteiger partial charge on any atom is 0.224 e. The van der Waals surface area contributed by atoms with Crippen molar-refractivity contribution in [1.82, 2.24) is 15.5 Å². The van der Waals surface area contributed by atoms with Crippen molar-refractivity contribution >= 4 is 11.6 Å². The lowest BCUT2D eigenvalue weighted by atomic mass is 9.67. The molecule has 0 bridgehead atoms. The maximum atomic E-state index is 14.5. The lowest BCUT2D eigenvalue weighted by molar-refractivity contribution is -0.133. The quantitative estimate of drug-likeness (QED) is 0.757. The summed E-state index contributed by atoms with van der Waals surface area (Å²) < 4.78 is 14.5. The molecule has 32 heavy (non-hydrogen) atoms.